The van der Waals surface area contributed by atoms with Gasteiger partial charge >= 0.3 is 0 Å². The molecule has 0 atom stereocenters. The van der Waals surface area contributed by atoms with Crippen molar-refractivity contribution >= 4 is 97.5 Å². The van der Waals surface area contributed by atoms with Crippen LogP contribution in [-0.4, -0.2) is 77.0 Å². The lowest BCUT2D eigenvalue weighted by Gasteiger charge is -2.15. The largest absolute Gasteiger partial charge is 0.506 e. The molecule has 5 aromatic rings. The fourth-order valence-corrected chi connectivity index (χ4v) is 6.61. The molecule has 0 aliphatic rings. The lowest BCUT2D eigenvalue weighted by molar-refractivity contribution is 0.471. The Bertz CT molecular complexity index is 2730. The number of phenolic OH excluding ortho intramolecular Hbond substituents is 2. The lowest BCUT2D eigenvalue weighted by atomic mass is 10.1. The second kappa shape index (κ2) is 13.2. The van der Waals surface area contributed by atoms with Crippen LogP contribution in [0, 0.1) is 0 Å². The Morgan fingerprint density at radius 1 is 0.608 bits per heavy atom. The molecular weight excluding hydrogens is 786 g/mol. The number of aromatic hydroxyl groups is 2. The van der Waals surface area contributed by atoms with Crippen LogP contribution in [0.5, 0.6) is 11.5 Å². The summed E-state index contributed by atoms with van der Waals surface area (Å²) in [5, 5.41) is 32.4. The van der Waals surface area contributed by atoms with Crippen molar-refractivity contribution in [3.63, 3.8) is 0 Å². The molecule has 0 saturated heterocycles. The second-order valence-corrected chi connectivity index (χ2v) is 15.9. The Morgan fingerprint density at radius 3 is 1.75 bits per heavy atom. The minimum Gasteiger partial charge on any atom is -0.506 e. The summed E-state index contributed by atoms with van der Waals surface area (Å²) in [5.74, 6) is -2.58. The van der Waals surface area contributed by atoms with E-state index < -0.39 is 111 Å². The standard InChI is InChI=1S/C25H18ClN7O14S4/c26-23-29-24(27-12-1-3-13(4-2-12)48(36,37)38)31-25(30-23)28-17-10-15(50(42,43)44)7-11-8-19(51(45,46)47)21(22(35)20(11)17)33-32-16-9-14(49(39,40)41)5-6-18(16)34/h1-10,34-35H,(H,36,37,38)(H,39,40,41)(H,42,43,44)(H,45,46,47)(H2,27,28,29,30,31). The first-order valence-electron chi connectivity index (χ1n) is 13.0. The molecule has 0 aliphatic heterocycles. The third-order valence-electron chi connectivity index (χ3n) is 6.46. The van der Waals surface area contributed by atoms with E-state index in [2.05, 4.69) is 35.8 Å². The summed E-state index contributed by atoms with van der Waals surface area (Å²) in [6.45, 7) is 0. The quantitative estimate of drug-likeness (QED) is 0.0730. The second-order valence-electron chi connectivity index (χ2n) is 9.92. The van der Waals surface area contributed by atoms with E-state index in [9.17, 15) is 62.1 Å². The molecule has 0 saturated carbocycles. The van der Waals surface area contributed by atoms with Gasteiger partial charge in [-0.25, -0.2) is 0 Å². The molecule has 8 N–H and O–H groups in total. The fourth-order valence-electron chi connectivity index (χ4n) is 4.27. The van der Waals surface area contributed by atoms with Gasteiger partial charge in [0.05, 0.1) is 20.4 Å². The van der Waals surface area contributed by atoms with Crippen LogP contribution in [0.3, 0.4) is 0 Å². The molecule has 0 bridgehead atoms. The topological polar surface area (TPSA) is 345 Å². The zero-order valence-electron chi connectivity index (χ0n) is 24.5. The molecule has 0 amide bonds. The van der Waals surface area contributed by atoms with Crippen LogP contribution in [0.15, 0.2) is 90.5 Å². The van der Waals surface area contributed by atoms with E-state index in [4.69, 9.17) is 11.6 Å². The van der Waals surface area contributed by atoms with Gasteiger partial charge < -0.3 is 20.8 Å². The van der Waals surface area contributed by atoms with E-state index in [1.165, 1.54) is 12.1 Å². The summed E-state index contributed by atoms with van der Waals surface area (Å²) < 4.78 is 133. The van der Waals surface area contributed by atoms with Crippen molar-refractivity contribution in [3.8, 4) is 11.5 Å². The van der Waals surface area contributed by atoms with Crippen LogP contribution >= 0.6 is 11.6 Å². The summed E-state index contributed by atoms with van der Waals surface area (Å²) in [4.78, 5) is 8.55. The molecule has 26 heteroatoms. The number of rotatable bonds is 10. The van der Waals surface area contributed by atoms with Crippen molar-refractivity contribution in [1.29, 1.82) is 0 Å². The van der Waals surface area contributed by atoms with E-state index in [0.29, 0.717) is 12.1 Å². The predicted molar refractivity (Wildman–Crippen MR) is 175 cm³/mol. The Labute approximate surface area is 291 Å². The maximum atomic E-state index is 12.4. The molecule has 1 aromatic heterocycles. The van der Waals surface area contributed by atoms with E-state index in [0.717, 1.165) is 36.4 Å². The number of hydrogen-bond donors (Lipinski definition) is 8. The normalized spacial score (nSPS) is 12.7. The fraction of sp³-hybridized carbons (Fsp3) is 0. The molecule has 0 radical (unpaired) electrons. The Balaban J connectivity index is 1.68. The summed E-state index contributed by atoms with van der Waals surface area (Å²) >= 11 is 6.03. The molecule has 5 rings (SSSR count). The Kier molecular flexibility index (Phi) is 9.62. The molecule has 268 valence electrons. The van der Waals surface area contributed by atoms with Crippen molar-refractivity contribution < 1.29 is 62.1 Å². The van der Waals surface area contributed by atoms with Gasteiger partial charge in [-0.05, 0) is 77.7 Å². The summed E-state index contributed by atoms with van der Waals surface area (Å²) in [5.41, 5.74) is -1.95. The molecule has 0 fully saturated rings. The van der Waals surface area contributed by atoms with Crippen LogP contribution in [0.2, 0.25) is 5.28 Å². The van der Waals surface area contributed by atoms with Crippen molar-refractivity contribution in [3.05, 3.63) is 65.9 Å². The van der Waals surface area contributed by atoms with Crippen LogP contribution in [0.25, 0.3) is 10.8 Å². The number of hydrogen-bond acceptors (Lipinski definition) is 17. The number of phenols is 2. The average Bonchev–Trinajstić information content (AvgIpc) is 2.99. The highest BCUT2D eigenvalue weighted by Gasteiger charge is 2.26. The summed E-state index contributed by atoms with van der Waals surface area (Å²) in [6, 6.07) is 8.93. The van der Waals surface area contributed by atoms with Gasteiger partial charge in [-0.3, -0.25) is 18.2 Å². The first-order chi connectivity index (χ1) is 23.5. The Morgan fingerprint density at radius 2 is 1.18 bits per heavy atom. The monoisotopic (exact) mass is 803 g/mol. The number of aromatic nitrogens is 3. The van der Waals surface area contributed by atoms with Crippen LogP contribution < -0.4 is 10.6 Å². The van der Waals surface area contributed by atoms with Crippen LogP contribution in [0.1, 0.15) is 0 Å². The maximum Gasteiger partial charge on any atom is 0.296 e. The first kappa shape index (κ1) is 37.1. The molecular formula is C25H18ClN7O14S4. The number of anilines is 4. The van der Waals surface area contributed by atoms with Crippen LogP contribution in [0.4, 0.5) is 34.6 Å². The molecule has 4 aromatic carbocycles. The third-order valence-corrected chi connectivity index (χ3v) is 10.0. The predicted octanol–water partition coefficient (Wildman–Crippen LogP) is 3.98. The highest BCUT2D eigenvalue weighted by Crippen LogP contribution is 2.46. The number of halogens is 1. The zero-order chi connectivity index (χ0) is 37.7. The molecule has 0 spiro atoms. The number of nitrogens with one attached hydrogen (secondary N) is 2. The van der Waals surface area contributed by atoms with Gasteiger partial charge in [-0.2, -0.15) is 48.6 Å². The number of fused-ring (bicyclic) bond motifs is 1. The van der Waals surface area contributed by atoms with E-state index >= 15 is 0 Å². The lowest BCUT2D eigenvalue weighted by Crippen LogP contribution is -2.06. The van der Waals surface area contributed by atoms with Gasteiger partial charge in [0.25, 0.3) is 40.5 Å². The SMILES string of the molecule is O=S(=O)(O)c1ccc(Nc2nc(Cl)nc(Nc3cc(S(=O)(=O)O)cc4cc(S(=O)(=O)O)c(N=Nc5cc(S(=O)(=O)O)ccc5O)c(O)c34)n2)cc1. The maximum absolute atomic E-state index is 12.4. The highest BCUT2D eigenvalue weighted by molar-refractivity contribution is 7.86. The van der Waals surface area contributed by atoms with E-state index in [1.54, 1.807) is 0 Å². The van der Waals surface area contributed by atoms with E-state index in [-0.39, 0.29) is 11.6 Å². The van der Waals surface area contributed by atoms with Gasteiger partial charge in [-0.15, -0.1) is 10.2 Å². The molecule has 1 heterocycles. The van der Waals surface area contributed by atoms with Crippen molar-refractivity contribution in [2.45, 2.75) is 19.6 Å². The van der Waals surface area contributed by atoms with Gasteiger partial charge in [0.15, 0.2) is 5.75 Å². The zero-order valence-corrected chi connectivity index (χ0v) is 28.5. The average molecular weight is 804 g/mol. The number of nitrogens with zero attached hydrogens (tertiary/aromatic N) is 5. The van der Waals surface area contributed by atoms with Gasteiger partial charge in [-0.1, -0.05) is 0 Å². The minimum atomic E-state index is -5.32. The summed E-state index contributed by atoms with van der Waals surface area (Å²) in [7, 11) is -19.7. The third kappa shape index (κ3) is 8.44. The van der Waals surface area contributed by atoms with Crippen molar-refractivity contribution in [1.82, 2.24) is 15.0 Å². The minimum absolute atomic E-state index is 0.188. The molecule has 51 heavy (non-hydrogen) atoms. The van der Waals surface area contributed by atoms with Crippen LogP contribution in [-0.2, 0) is 40.5 Å². The summed E-state index contributed by atoms with van der Waals surface area (Å²) in [6.07, 6.45) is 0. The molecule has 0 aliphatic carbocycles. The van der Waals surface area contributed by atoms with Gasteiger partial charge in [0.2, 0.25) is 17.2 Å². The highest BCUT2D eigenvalue weighted by atomic mass is 35.5. The smallest absolute Gasteiger partial charge is 0.296 e. The number of benzene rings is 4. The first-order valence-corrected chi connectivity index (χ1v) is 19.2. The molecule has 0 unspecified atom stereocenters. The molecule has 21 nitrogen and oxygen atoms in total. The Hall–Kier alpha value is -5.12. The van der Waals surface area contributed by atoms with Crippen molar-refractivity contribution in [2.24, 2.45) is 10.2 Å². The van der Waals surface area contributed by atoms with Crippen molar-refractivity contribution in [2.75, 3.05) is 10.6 Å². The number of azo groups is 1. The van der Waals surface area contributed by atoms with Gasteiger partial charge in [0.1, 0.15) is 22.0 Å². The van der Waals surface area contributed by atoms with E-state index in [1.807, 2.05) is 0 Å². The van der Waals surface area contributed by atoms with Gasteiger partial charge in [0, 0.05) is 11.1 Å².